The third kappa shape index (κ3) is 5.00. The molecule has 0 heterocycles. The Morgan fingerprint density at radius 1 is 0.741 bits per heavy atom. The monoisotopic (exact) mass is 377 g/mol. The molecule has 0 spiro atoms. The van der Waals surface area contributed by atoms with Gasteiger partial charge in [-0.2, -0.15) is 0 Å². The first-order valence-electron chi connectivity index (χ1n) is 9.16. The van der Waals surface area contributed by atoms with Crippen LogP contribution in [-0.2, 0) is 0 Å². The van der Waals surface area contributed by atoms with Crippen molar-refractivity contribution < 1.29 is 4.74 Å². The topological polar surface area (TPSA) is 35.2 Å². The molecule has 0 radical (unpaired) electrons. The van der Waals surface area contributed by atoms with Crippen LogP contribution in [0.3, 0.4) is 0 Å². The molecule has 0 amide bonds. The number of halogens is 1. The Morgan fingerprint density at radius 3 is 1.85 bits per heavy atom. The maximum absolute atomic E-state index is 6.18. The first-order valence-corrected chi connectivity index (χ1v) is 9.70. The van der Waals surface area contributed by atoms with Gasteiger partial charge in [0, 0.05) is 12.4 Å². The fraction of sp³-hybridized carbons (Fsp3) is 0.167. The third-order valence-electron chi connectivity index (χ3n) is 4.36. The quantitative estimate of drug-likeness (QED) is 0.409. The maximum atomic E-state index is 6.18. The zero-order valence-corrected chi connectivity index (χ0v) is 16.0. The van der Waals surface area contributed by atoms with Gasteiger partial charge in [-0.25, -0.2) is 0 Å². The predicted molar refractivity (Wildman–Crippen MR) is 115 cm³/mol. The second kappa shape index (κ2) is 9.96. The van der Waals surface area contributed by atoms with Crippen LogP contribution in [0.15, 0.2) is 84.9 Å². The molecule has 2 nitrogen and oxygen atoms in total. The van der Waals surface area contributed by atoms with Crippen molar-refractivity contribution in [2.75, 3.05) is 19.0 Å². The number of hydrogen-bond acceptors (Lipinski definition) is 2. The largest absolute Gasteiger partial charge is 0.492 e. The predicted octanol–water partition coefficient (Wildman–Crippen LogP) is 5.61. The van der Waals surface area contributed by atoms with Gasteiger partial charge < -0.3 is 10.5 Å². The Morgan fingerprint density at radius 2 is 1.30 bits per heavy atom. The minimum atomic E-state index is 0.505. The molecule has 3 heteroatoms. The molecule has 0 saturated carbocycles. The average molecular weight is 378 g/mol. The van der Waals surface area contributed by atoms with Gasteiger partial charge in [-0.1, -0.05) is 72.8 Å². The summed E-state index contributed by atoms with van der Waals surface area (Å²) in [6.07, 6.45) is 0.793. The highest BCUT2D eigenvalue weighted by molar-refractivity contribution is 6.18. The number of rotatable bonds is 8. The van der Waals surface area contributed by atoms with Gasteiger partial charge in [0.1, 0.15) is 12.4 Å². The van der Waals surface area contributed by atoms with Crippen LogP contribution in [0.2, 0.25) is 0 Å². The summed E-state index contributed by atoms with van der Waals surface area (Å²) in [4.78, 5) is 0. The maximum Gasteiger partial charge on any atom is 0.119 e. The van der Waals surface area contributed by atoms with E-state index in [1.807, 2.05) is 24.3 Å². The van der Waals surface area contributed by atoms with Crippen LogP contribution in [-0.4, -0.2) is 19.0 Å². The highest BCUT2D eigenvalue weighted by Crippen LogP contribution is 2.35. The van der Waals surface area contributed by atoms with Gasteiger partial charge in [-0.15, -0.1) is 11.6 Å². The van der Waals surface area contributed by atoms with Crippen LogP contribution < -0.4 is 10.5 Å². The molecule has 3 rings (SSSR count). The first-order chi connectivity index (χ1) is 13.3. The molecular weight excluding hydrogens is 354 g/mol. The van der Waals surface area contributed by atoms with Crippen molar-refractivity contribution in [3.8, 4) is 5.75 Å². The van der Waals surface area contributed by atoms with E-state index < -0.39 is 0 Å². The Hall–Kier alpha value is -2.55. The molecule has 2 N–H and O–H groups in total. The van der Waals surface area contributed by atoms with Gasteiger partial charge in [0.25, 0.3) is 0 Å². The third-order valence-corrected chi connectivity index (χ3v) is 4.55. The average Bonchev–Trinajstić information content (AvgIpc) is 2.74. The van der Waals surface area contributed by atoms with Crippen LogP contribution in [0.25, 0.3) is 11.1 Å². The zero-order valence-electron chi connectivity index (χ0n) is 15.3. The Balaban J connectivity index is 2.13. The minimum absolute atomic E-state index is 0.505. The molecule has 0 unspecified atom stereocenters. The molecule has 0 bridgehead atoms. The summed E-state index contributed by atoms with van der Waals surface area (Å²) < 4.78 is 5.63. The lowest BCUT2D eigenvalue weighted by Crippen LogP contribution is -2.10. The van der Waals surface area contributed by atoms with Gasteiger partial charge in [0.05, 0.1) is 0 Å². The fourth-order valence-electron chi connectivity index (χ4n) is 3.16. The number of alkyl halides is 1. The molecule has 0 aromatic heterocycles. The van der Waals surface area contributed by atoms with E-state index in [4.69, 9.17) is 22.1 Å². The van der Waals surface area contributed by atoms with Crippen LogP contribution in [0.4, 0.5) is 0 Å². The normalized spacial score (nSPS) is 11.8. The van der Waals surface area contributed by atoms with Crippen LogP contribution in [0.5, 0.6) is 5.75 Å². The summed E-state index contributed by atoms with van der Waals surface area (Å²) in [5, 5.41) is 0. The number of hydrogen-bond donors (Lipinski definition) is 1. The van der Waals surface area contributed by atoms with E-state index in [1.54, 1.807) is 0 Å². The molecule has 0 atom stereocenters. The summed E-state index contributed by atoms with van der Waals surface area (Å²) in [7, 11) is 0. The van der Waals surface area contributed by atoms with Gasteiger partial charge in [0.2, 0.25) is 0 Å². The second-order valence-corrected chi connectivity index (χ2v) is 6.56. The second-order valence-electron chi connectivity index (χ2n) is 6.19. The standard InChI is InChI=1S/C24H24ClNO/c25-16-15-23(19-7-3-1-4-8-19)24(20-9-5-2-6-10-20)21-11-13-22(14-12-21)27-18-17-26/h1-14H,15-18,26H2/b24-23+. The van der Waals surface area contributed by atoms with E-state index in [0.717, 1.165) is 17.7 Å². The van der Waals surface area contributed by atoms with Crippen LogP contribution >= 0.6 is 11.6 Å². The van der Waals surface area contributed by atoms with E-state index in [2.05, 4.69) is 60.7 Å². The molecule has 0 saturated heterocycles. The first kappa shape index (κ1) is 19.2. The molecule has 0 fully saturated rings. The molecule has 0 aliphatic rings. The van der Waals surface area contributed by atoms with Crippen molar-refractivity contribution in [3.63, 3.8) is 0 Å². The smallest absolute Gasteiger partial charge is 0.119 e. The summed E-state index contributed by atoms with van der Waals surface area (Å²) in [5.74, 6) is 1.40. The van der Waals surface area contributed by atoms with Crippen molar-refractivity contribution in [3.05, 3.63) is 102 Å². The molecular formula is C24H24ClNO. The van der Waals surface area contributed by atoms with Crippen molar-refractivity contribution >= 4 is 22.7 Å². The van der Waals surface area contributed by atoms with Crippen molar-refractivity contribution in [2.24, 2.45) is 5.73 Å². The van der Waals surface area contributed by atoms with E-state index in [-0.39, 0.29) is 0 Å². The van der Waals surface area contributed by atoms with Crippen LogP contribution in [0.1, 0.15) is 23.1 Å². The van der Waals surface area contributed by atoms with Crippen molar-refractivity contribution in [2.45, 2.75) is 6.42 Å². The Kier molecular flexibility index (Phi) is 7.09. The van der Waals surface area contributed by atoms with Crippen molar-refractivity contribution in [1.29, 1.82) is 0 Å². The molecule has 138 valence electrons. The fourth-order valence-corrected chi connectivity index (χ4v) is 3.35. The van der Waals surface area contributed by atoms with Gasteiger partial charge in [-0.3, -0.25) is 0 Å². The lowest BCUT2D eigenvalue weighted by molar-refractivity contribution is 0.328. The highest BCUT2D eigenvalue weighted by Gasteiger charge is 2.14. The Labute approximate surface area is 166 Å². The number of benzene rings is 3. The van der Waals surface area contributed by atoms with E-state index in [0.29, 0.717) is 19.0 Å². The van der Waals surface area contributed by atoms with E-state index in [1.165, 1.54) is 22.3 Å². The molecule has 0 aliphatic heterocycles. The lowest BCUT2D eigenvalue weighted by Gasteiger charge is -2.17. The highest BCUT2D eigenvalue weighted by atomic mass is 35.5. The van der Waals surface area contributed by atoms with Gasteiger partial charge >= 0.3 is 0 Å². The summed E-state index contributed by atoms with van der Waals surface area (Å²) in [5.41, 5.74) is 11.5. The number of allylic oxidation sites excluding steroid dienone is 1. The number of ether oxygens (including phenoxy) is 1. The number of nitrogens with two attached hydrogens (primary N) is 1. The van der Waals surface area contributed by atoms with E-state index in [9.17, 15) is 0 Å². The molecule has 27 heavy (non-hydrogen) atoms. The van der Waals surface area contributed by atoms with E-state index >= 15 is 0 Å². The summed E-state index contributed by atoms with van der Waals surface area (Å²) in [6, 6.07) is 29.1. The minimum Gasteiger partial charge on any atom is -0.492 e. The molecule has 3 aromatic carbocycles. The van der Waals surface area contributed by atoms with Gasteiger partial charge in [0.15, 0.2) is 0 Å². The Bertz CT molecular complexity index is 858. The van der Waals surface area contributed by atoms with Gasteiger partial charge in [-0.05, 0) is 46.4 Å². The summed E-state index contributed by atoms with van der Waals surface area (Å²) in [6.45, 7) is 1.02. The SMILES string of the molecule is NCCOc1ccc(/C(=C(\CCCl)c2ccccc2)c2ccccc2)cc1. The summed E-state index contributed by atoms with van der Waals surface area (Å²) >= 11 is 6.18. The molecule has 0 aliphatic carbocycles. The lowest BCUT2D eigenvalue weighted by atomic mass is 9.88. The molecule has 3 aromatic rings. The van der Waals surface area contributed by atoms with Crippen molar-refractivity contribution in [1.82, 2.24) is 0 Å². The zero-order chi connectivity index (χ0) is 18.9. The van der Waals surface area contributed by atoms with Crippen LogP contribution in [0, 0.1) is 0 Å².